The molecule has 0 unspecified atom stereocenters. The number of hydrogen-bond donors (Lipinski definition) is 0. The van der Waals surface area contributed by atoms with Crippen molar-refractivity contribution in [1.82, 2.24) is 24.6 Å². The average Bonchev–Trinajstić information content (AvgIpc) is 3.11. The van der Waals surface area contributed by atoms with E-state index < -0.39 is 0 Å². The SMILES string of the molecule is CCCN(Cc1ccccn1)Cc1c(C)nn(-c2ccc(F)cc2)c1N1CCN(C)CC1. The molecule has 1 saturated heterocycles. The minimum Gasteiger partial charge on any atom is -0.354 e. The molecule has 0 bridgehead atoms. The Morgan fingerprint density at radius 2 is 1.75 bits per heavy atom. The van der Waals surface area contributed by atoms with E-state index in [1.165, 1.54) is 17.7 Å². The van der Waals surface area contributed by atoms with E-state index in [2.05, 4.69) is 46.6 Å². The van der Waals surface area contributed by atoms with Gasteiger partial charge in [-0.25, -0.2) is 9.07 Å². The number of piperazine rings is 1. The Hall–Kier alpha value is -2.77. The van der Waals surface area contributed by atoms with E-state index >= 15 is 0 Å². The molecule has 0 aliphatic carbocycles. The lowest BCUT2D eigenvalue weighted by molar-refractivity contribution is 0.253. The number of aryl methyl sites for hydroxylation is 1. The Balaban J connectivity index is 1.70. The van der Waals surface area contributed by atoms with Gasteiger partial charge < -0.3 is 9.80 Å². The maximum absolute atomic E-state index is 13.6. The molecule has 0 N–H and O–H groups in total. The van der Waals surface area contributed by atoms with Crippen LogP contribution in [0.4, 0.5) is 10.2 Å². The van der Waals surface area contributed by atoms with Gasteiger partial charge in [-0.1, -0.05) is 13.0 Å². The molecule has 0 atom stereocenters. The van der Waals surface area contributed by atoms with Gasteiger partial charge in [0, 0.05) is 51.0 Å². The molecule has 0 spiro atoms. The Morgan fingerprint density at radius 1 is 1.00 bits per heavy atom. The highest BCUT2D eigenvalue weighted by atomic mass is 19.1. The van der Waals surface area contributed by atoms with Crippen molar-refractivity contribution < 1.29 is 4.39 Å². The first-order chi connectivity index (χ1) is 15.5. The van der Waals surface area contributed by atoms with Gasteiger partial charge in [0.15, 0.2) is 0 Å². The number of anilines is 1. The van der Waals surface area contributed by atoms with Crippen molar-refractivity contribution in [3.8, 4) is 5.69 Å². The highest BCUT2D eigenvalue weighted by molar-refractivity contribution is 5.55. The smallest absolute Gasteiger partial charge is 0.137 e. The fourth-order valence-electron chi connectivity index (χ4n) is 4.31. The van der Waals surface area contributed by atoms with Crippen LogP contribution >= 0.6 is 0 Å². The quantitative estimate of drug-likeness (QED) is 0.536. The molecule has 0 radical (unpaired) electrons. The van der Waals surface area contributed by atoms with Crippen LogP contribution in [0.15, 0.2) is 48.7 Å². The van der Waals surface area contributed by atoms with Crippen LogP contribution in [-0.4, -0.2) is 64.3 Å². The maximum atomic E-state index is 13.6. The number of benzene rings is 1. The van der Waals surface area contributed by atoms with Gasteiger partial charge in [0.1, 0.15) is 11.6 Å². The number of likely N-dealkylation sites (N-methyl/N-ethyl adjacent to an activating group) is 1. The van der Waals surface area contributed by atoms with E-state index in [1.807, 2.05) is 35.1 Å². The summed E-state index contributed by atoms with van der Waals surface area (Å²) in [5.74, 6) is 0.896. The highest BCUT2D eigenvalue weighted by Crippen LogP contribution is 2.30. The maximum Gasteiger partial charge on any atom is 0.137 e. The largest absolute Gasteiger partial charge is 0.354 e. The summed E-state index contributed by atoms with van der Waals surface area (Å²) in [6.45, 7) is 10.8. The third-order valence-electron chi connectivity index (χ3n) is 6.06. The number of pyridine rings is 1. The van der Waals surface area contributed by atoms with Crippen LogP contribution in [0.5, 0.6) is 0 Å². The summed E-state index contributed by atoms with van der Waals surface area (Å²) in [4.78, 5) is 11.8. The number of aromatic nitrogens is 3. The van der Waals surface area contributed by atoms with E-state index in [-0.39, 0.29) is 5.82 Å². The van der Waals surface area contributed by atoms with Gasteiger partial charge in [-0.2, -0.15) is 5.10 Å². The molecule has 32 heavy (non-hydrogen) atoms. The van der Waals surface area contributed by atoms with Crippen LogP contribution in [0.3, 0.4) is 0 Å². The Kier molecular flexibility index (Phi) is 7.17. The fourth-order valence-corrected chi connectivity index (χ4v) is 4.31. The minimum absolute atomic E-state index is 0.233. The summed E-state index contributed by atoms with van der Waals surface area (Å²) < 4.78 is 15.6. The first kappa shape index (κ1) is 22.4. The molecule has 170 valence electrons. The predicted molar refractivity (Wildman–Crippen MR) is 127 cm³/mol. The van der Waals surface area contributed by atoms with Crippen LogP contribution in [-0.2, 0) is 13.1 Å². The summed E-state index contributed by atoms with van der Waals surface area (Å²) in [6.07, 6.45) is 2.93. The molecule has 1 aliphatic heterocycles. The molecular weight excluding hydrogens is 403 g/mol. The number of rotatable bonds is 8. The molecule has 1 aliphatic rings. The third kappa shape index (κ3) is 5.16. The van der Waals surface area contributed by atoms with Crippen molar-refractivity contribution in [2.45, 2.75) is 33.4 Å². The fraction of sp³-hybridized carbons (Fsp3) is 0.440. The highest BCUT2D eigenvalue weighted by Gasteiger charge is 2.26. The number of nitrogens with zero attached hydrogens (tertiary/aromatic N) is 6. The van der Waals surface area contributed by atoms with Gasteiger partial charge in [0.25, 0.3) is 0 Å². The van der Waals surface area contributed by atoms with Gasteiger partial charge in [0.2, 0.25) is 0 Å². The molecule has 1 aromatic carbocycles. The first-order valence-corrected chi connectivity index (χ1v) is 11.5. The third-order valence-corrected chi connectivity index (χ3v) is 6.06. The zero-order chi connectivity index (χ0) is 22.5. The van der Waals surface area contributed by atoms with Gasteiger partial charge in [-0.15, -0.1) is 0 Å². The van der Waals surface area contributed by atoms with E-state index in [0.717, 1.165) is 75.1 Å². The molecule has 0 saturated carbocycles. The molecule has 0 amide bonds. The second kappa shape index (κ2) is 10.2. The van der Waals surface area contributed by atoms with Crippen molar-refractivity contribution in [1.29, 1.82) is 0 Å². The zero-order valence-corrected chi connectivity index (χ0v) is 19.3. The van der Waals surface area contributed by atoms with E-state index in [9.17, 15) is 4.39 Å². The van der Waals surface area contributed by atoms with Crippen molar-refractivity contribution in [2.75, 3.05) is 44.7 Å². The van der Waals surface area contributed by atoms with Gasteiger partial charge in [-0.3, -0.25) is 9.88 Å². The first-order valence-electron chi connectivity index (χ1n) is 11.5. The van der Waals surface area contributed by atoms with Crippen molar-refractivity contribution in [2.24, 2.45) is 0 Å². The number of hydrogen-bond acceptors (Lipinski definition) is 5. The lowest BCUT2D eigenvalue weighted by Crippen LogP contribution is -2.45. The van der Waals surface area contributed by atoms with E-state index in [4.69, 9.17) is 5.10 Å². The van der Waals surface area contributed by atoms with E-state index in [1.54, 1.807) is 0 Å². The predicted octanol–water partition coefficient (Wildman–Crippen LogP) is 3.88. The second-order valence-corrected chi connectivity index (χ2v) is 8.60. The minimum atomic E-state index is -0.233. The normalized spacial score (nSPS) is 15.0. The van der Waals surface area contributed by atoms with E-state index in [0.29, 0.717) is 0 Å². The molecule has 2 aromatic heterocycles. The molecule has 4 rings (SSSR count). The molecular formula is C25H33FN6. The summed E-state index contributed by atoms with van der Waals surface area (Å²) in [7, 11) is 2.16. The van der Waals surface area contributed by atoms with Crippen molar-refractivity contribution in [3.63, 3.8) is 0 Å². The van der Waals surface area contributed by atoms with Gasteiger partial charge in [0.05, 0.1) is 17.1 Å². The molecule has 1 fully saturated rings. The molecule has 3 aromatic rings. The van der Waals surface area contributed by atoms with Crippen LogP contribution in [0.1, 0.15) is 30.3 Å². The van der Waals surface area contributed by atoms with Gasteiger partial charge in [-0.05, 0) is 63.3 Å². The van der Waals surface area contributed by atoms with Crippen molar-refractivity contribution >= 4 is 5.82 Å². The van der Waals surface area contributed by atoms with Crippen LogP contribution < -0.4 is 4.90 Å². The molecule has 7 heteroatoms. The Bertz CT molecular complexity index is 993. The Labute approximate surface area is 190 Å². The lowest BCUT2D eigenvalue weighted by atomic mass is 10.1. The topological polar surface area (TPSA) is 40.4 Å². The van der Waals surface area contributed by atoms with Crippen molar-refractivity contribution in [3.05, 3.63) is 71.4 Å². The summed E-state index contributed by atoms with van der Waals surface area (Å²) in [5.41, 5.74) is 4.22. The monoisotopic (exact) mass is 436 g/mol. The van der Waals surface area contributed by atoms with Gasteiger partial charge >= 0.3 is 0 Å². The Morgan fingerprint density at radius 3 is 2.41 bits per heavy atom. The standard InChI is InChI=1S/C25H33FN6/c1-4-13-30(18-22-7-5-6-12-27-22)19-24-20(2)28-32(23-10-8-21(26)9-11-23)25(24)31-16-14-29(3)15-17-31/h5-12H,4,13-19H2,1-3H3. The number of halogens is 1. The summed E-state index contributed by atoms with van der Waals surface area (Å²) in [5, 5.41) is 4.92. The van der Waals surface area contributed by atoms with Crippen LogP contribution in [0, 0.1) is 12.7 Å². The average molecular weight is 437 g/mol. The molecule has 3 heterocycles. The summed E-state index contributed by atoms with van der Waals surface area (Å²) in [6, 6.07) is 12.7. The van der Waals surface area contributed by atoms with Crippen LogP contribution in [0.25, 0.3) is 5.69 Å². The zero-order valence-electron chi connectivity index (χ0n) is 19.3. The lowest BCUT2D eigenvalue weighted by Gasteiger charge is -2.35. The van der Waals surface area contributed by atoms with Crippen LogP contribution in [0.2, 0.25) is 0 Å². The second-order valence-electron chi connectivity index (χ2n) is 8.60. The summed E-state index contributed by atoms with van der Waals surface area (Å²) >= 11 is 0. The molecule has 6 nitrogen and oxygen atoms in total.